The summed E-state index contributed by atoms with van der Waals surface area (Å²) in [7, 11) is 0.931. The van der Waals surface area contributed by atoms with Gasteiger partial charge < -0.3 is 10.5 Å². The SMILES string of the molecule is COC(c1ccc(C)cc1N1C(=O)CSC1=NC(N)=O)C(F)(F)F. The zero-order valence-electron chi connectivity index (χ0n) is 12.8. The Labute approximate surface area is 139 Å². The van der Waals surface area contributed by atoms with Crippen molar-refractivity contribution < 1.29 is 27.5 Å². The van der Waals surface area contributed by atoms with E-state index >= 15 is 0 Å². The van der Waals surface area contributed by atoms with Crippen LogP contribution < -0.4 is 10.6 Å². The van der Waals surface area contributed by atoms with Crippen LogP contribution in [0.25, 0.3) is 0 Å². The molecule has 130 valence electrons. The minimum Gasteiger partial charge on any atom is -0.367 e. The minimum atomic E-state index is -4.67. The first kappa shape index (κ1) is 18.3. The van der Waals surface area contributed by atoms with E-state index in [4.69, 9.17) is 5.73 Å². The fourth-order valence-corrected chi connectivity index (χ4v) is 3.15. The summed E-state index contributed by atoms with van der Waals surface area (Å²) in [5.41, 5.74) is 5.35. The van der Waals surface area contributed by atoms with Gasteiger partial charge in [0.05, 0.1) is 11.4 Å². The van der Waals surface area contributed by atoms with Gasteiger partial charge in [0, 0.05) is 12.7 Å². The molecule has 0 aromatic heterocycles. The van der Waals surface area contributed by atoms with Gasteiger partial charge in [-0.3, -0.25) is 9.69 Å². The third kappa shape index (κ3) is 3.70. The molecule has 24 heavy (non-hydrogen) atoms. The lowest BCUT2D eigenvalue weighted by atomic mass is 10.0. The molecule has 1 heterocycles. The molecule has 1 aromatic carbocycles. The number of alkyl halides is 3. The average Bonchev–Trinajstić information content (AvgIpc) is 2.80. The van der Waals surface area contributed by atoms with Crippen LogP contribution in [-0.4, -0.2) is 36.1 Å². The van der Waals surface area contributed by atoms with Crippen LogP contribution in [0.15, 0.2) is 23.2 Å². The number of carbonyl (C=O) groups is 2. The summed E-state index contributed by atoms with van der Waals surface area (Å²) in [6.45, 7) is 1.67. The lowest BCUT2D eigenvalue weighted by Gasteiger charge is -2.26. The number of methoxy groups -OCH3 is 1. The van der Waals surface area contributed by atoms with Crippen LogP contribution in [0.5, 0.6) is 0 Å². The average molecular weight is 361 g/mol. The van der Waals surface area contributed by atoms with Crippen LogP contribution in [0.4, 0.5) is 23.7 Å². The van der Waals surface area contributed by atoms with Crippen molar-refractivity contribution in [2.45, 2.75) is 19.2 Å². The van der Waals surface area contributed by atoms with Crippen LogP contribution in [0.1, 0.15) is 17.2 Å². The molecule has 2 rings (SSSR count). The maximum atomic E-state index is 13.2. The van der Waals surface area contributed by atoms with Crippen molar-refractivity contribution in [2.75, 3.05) is 17.8 Å². The number of benzene rings is 1. The third-order valence-corrected chi connectivity index (χ3v) is 4.14. The number of ether oxygens (including phenoxy) is 1. The Hall–Kier alpha value is -2.07. The van der Waals surface area contributed by atoms with E-state index in [-0.39, 0.29) is 22.2 Å². The molecular weight excluding hydrogens is 347 g/mol. The van der Waals surface area contributed by atoms with Gasteiger partial charge in [-0.1, -0.05) is 23.9 Å². The van der Waals surface area contributed by atoms with Crippen molar-refractivity contribution >= 4 is 34.6 Å². The Morgan fingerprint density at radius 3 is 2.67 bits per heavy atom. The Balaban J connectivity index is 2.62. The number of urea groups is 1. The topological polar surface area (TPSA) is 85.0 Å². The van der Waals surface area contributed by atoms with E-state index in [1.807, 2.05) is 0 Å². The summed E-state index contributed by atoms with van der Waals surface area (Å²) in [5.74, 6) is -0.549. The highest BCUT2D eigenvalue weighted by atomic mass is 32.2. The highest BCUT2D eigenvalue weighted by molar-refractivity contribution is 8.15. The number of primary amides is 1. The first-order valence-corrected chi connectivity index (χ1v) is 7.67. The molecule has 3 amide bonds. The summed E-state index contributed by atoms with van der Waals surface area (Å²) in [6.07, 6.45) is -6.89. The van der Waals surface area contributed by atoms with E-state index in [2.05, 4.69) is 9.73 Å². The number of nitrogens with zero attached hydrogens (tertiary/aromatic N) is 2. The quantitative estimate of drug-likeness (QED) is 0.897. The molecule has 1 aromatic rings. The molecule has 1 atom stereocenters. The number of hydrogen-bond donors (Lipinski definition) is 1. The minimum absolute atomic E-state index is 0.0332. The summed E-state index contributed by atoms with van der Waals surface area (Å²) in [4.78, 5) is 27.6. The summed E-state index contributed by atoms with van der Waals surface area (Å²) in [5, 5.41) is -0.0589. The smallest absolute Gasteiger partial charge is 0.367 e. The Bertz CT molecular complexity index is 706. The normalized spacial score (nSPS) is 18.3. The third-order valence-electron chi connectivity index (χ3n) is 3.21. The van der Waals surface area contributed by atoms with Crippen molar-refractivity contribution in [3.63, 3.8) is 0 Å². The number of aliphatic imine (C=N–C) groups is 1. The molecule has 1 aliphatic heterocycles. The molecule has 1 aliphatic rings. The Morgan fingerprint density at radius 1 is 1.46 bits per heavy atom. The van der Waals surface area contributed by atoms with Gasteiger partial charge in [-0.05, 0) is 18.6 Å². The highest BCUT2D eigenvalue weighted by Crippen LogP contribution is 2.41. The molecule has 0 aliphatic carbocycles. The van der Waals surface area contributed by atoms with Gasteiger partial charge in [-0.2, -0.15) is 18.2 Å². The summed E-state index contributed by atoms with van der Waals surface area (Å²) < 4.78 is 44.3. The predicted molar refractivity (Wildman–Crippen MR) is 83.9 cm³/mol. The van der Waals surface area contributed by atoms with Crippen molar-refractivity contribution in [1.29, 1.82) is 0 Å². The van der Waals surface area contributed by atoms with E-state index in [9.17, 15) is 22.8 Å². The van der Waals surface area contributed by atoms with Gasteiger partial charge in [0.25, 0.3) is 0 Å². The molecule has 2 N–H and O–H groups in total. The van der Waals surface area contributed by atoms with Crippen LogP contribution in [0.2, 0.25) is 0 Å². The van der Waals surface area contributed by atoms with Crippen LogP contribution in [-0.2, 0) is 9.53 Å². The second-order valence-corrected chi connectivity index (χ2v) is 5.91. The molecular formula is C14H14F3N3O3S. The van der Waals surface area contributed by atoms with E-state index < -0.39 is 24.2 Å². The maximum Gasteiger partial charge on any atom is 0.418 e. The summed E-state index contributed by atoms with van der Waals surface area (Å²) >= 11 is 0.927. The number of amidine groups is 1. The predicted octanol–water partition coefficient (Wildman–Crippen LogP) is 2.76. The van der Waals surface area contributed by atoms with Crippen molar-refractivity contribution in [3.8, 4) is 0 Å². The van der Waals surface area contributed by atoms with Gasteiger partial charge >= 0.3 is 12.2 Å². The number of amides is 3. The van der Waals surface area contributed by atoms with Gasteiger partial charge in [0.1, 0.15) is 0 Å². The van der Waals surface area contributed by atoms with Gasteiger partial charge in [0.15, 0.2) is 11.3 Å². The lowest BCUT2D eigenvalue weighted by molar-refractivity contribution is -0.215. The van der Waals surface area contributed by atoms with Gasteiger partial charge in [-0.25, -0.2) is 4.79 Å². The fourth-order valence-electron chi connectivity index (χ4n) is 2.28. The zero-order valence-corrected chi connectivity index (χ0v) is 13.6. The number of nitrogens with two attached hydrogens (primary N) is 1. The van der Waals surface area contributed by atoms with Crippen molar-refractivity contribution in [1.82, 2.24) is 0 Å². The molecule has 0 bridgehead atoms. The van der Waals surface area contributed by atoms with Crippen molar-refractivity contribution in [2.24, 2.45) is 10.7 Å². The standard InChI is InChI=1S/C14H14F3N3O3S/c1-7-3-4-8(11(23-2)14(15,16)17)9(5-7)20-10(21)6-24-13(20)19-12(18)22/h3-5,11H,6H2,1-2H3,(H2,18,22). The summed E-state index contributed by atoms with van der Waals surface area (Å²) in [6, 6.07) is 3.10. The molecule has 1 fully saturated rings. The molecule has 1 saturated heterocycles. The Kier molecular flexibility index (Phi) is 5.19. The first-order valence-electron chi connectivity index (χ1n) is 6.69. The van der Waals surface area contributed by atoms with Crippen LogP contribution >= 0.6 is 11.8 Å². The van der Waals surface area contributed by atoms with E-state index in [0.29, 0.717) is 5.56 Å². The van der Waals surface area contributed by atoms with E-state index in [1.54, 1.807) is 6.92 Å². The highest BCUT2D eigenvalue weighted by Gasteiger charge is 2.44. The molecule has 6 nitrogen and oxygen atoms in total. The zero-order chi connectivity index (χ0) is 18.1. The number of thioether (sulfide) groups is 1. The largest absolute Gasteiger partial charge is 0.418 e. The fraction of sp³-hybridized carbons (Fsp3) is 0.357. The van der Waals surface area contributed by atoms with Crippen LogP contribution in [0.3, 0.4) is 0 Å². The molecule has 1 unspecified atom stereocenters. The number of anilines is 1. The molecule has 0 saturated carbocycles. The number of aryl methyl sites for hydroxylation is 1. The van der Waals surface area contributed by atoms with Gasteiger partial charge in [0.2, 0.25) is 5.91 Å². The maximum absolute atomic E-state index is 13.2. The van der Waals surface area contributed by atoms with E-state index in [0.717, 1.165) is 23.8 Å². The monoisotopic (exact) mass is 361 g/mol. The van der Waals surface area contributed by atoms with Crippen molar-refractivity contribution in [3.05, 3.63) is 29.3 Å². The van der Waals surface area contributed by atoms with Crippen LogP contribution in [0, 0.1) is 6.92 Å². The molecule has 0 spiro atoms. The number of halogens is 3. The lowest BCUT2D eigenvalue weighted by Crippen LogP contribution is -2.33. The second kappa shape index (κ2) is 6.81. The first-order chi connectivity index (χ1) is 11.1. The Morgan fingerprint density at radius 2 is 2.12 bits per heavy atom. The molecule has 10 heteroatoms. The van der Waals surface area contributed by atoms with Gasteiger partial charge in [-0.15, -0.1) is 0 Å². The molecule has 0 radical (unpaired) electrons. The number of rotatable bonds is 3. The number of hydrogen-bond acceptors (Lipinski definition) is 4. The number of carbonyl (C=O) groups excluding carboxylic acids is 2. The second-order valence-electron chi connectivity index (χ2n) is 4.97. The van der Waals surface area contributed by atoms with E-state index in [1.165, 1.54) is 18.2 Å².